The van der Waals surface area contributed by atoms with Crippen molar-refractivity contribution in [1.29, 1.82) is 5.26 Å². The summed E-state index contributed by atoms with van der Waals surface area (Å²) < 4.78 is 32.4. The number of likely N-dealkylation sites (tertiary alicyclic amines) is 1. The molecular weight excluding hydrogens is 356 g/mol. The third-order valence-corrected chi connectivity index (χ3v) is 7.40. The zero-order chi connectivity index (χ0) is 18.9. The van der Waals surface area contributed by atoms with Crippen LogP contribution in [0.15, 0.2) is 9.42 Å². The van der Waals surface area contributed by atoms with E-state index in [4.69, 9.17) is 9.78 Å². The minimum absolute atomic E-state index is 0.0000484. The Hall–Kier alpha value is -1.92. The van der Waals surface area contributed by atoms with Gasteiger partial charge in [0.15, 0.2) is 5.76 Å². The van der Waals surface area contributed by atoms with E-state index < -0.39 is 10.0 Å². The van der Waals surface area contributed by atoms with Crippen molar-refractivity contribution in [3.05, 3.63) is 11.5 Å². The molecule has 2 saturated heterocycles. The number of carbonyl (C=O) groups is 1. The molecule has 3 rings (SSSR count). The Morgan fingerprint density at radius 3 is 2.50 bits per heavy atom. The number of nitrogens with zero attached hydrogens (tertiary/aromatic N) is 4. The largest absolute Gasteiger partial charge is 0.360 e. The zero-order valence-electron chi connectivity index (χ0n) is 15.1. The predicted molar refractivity (Wildman–Crippen MR) is 92.4 cm³/mol. The fraction of sp³-hybridized carbons (Fsp3) is 0.706. The SMILES string of the molecule is Cc1noc(C)c1S(=O)(=O)N1CCCC(C(=O)N2CCC(C#N)CC2)C1. The van der Waals surface area contributed by atoms with Gasteiger partial charge in [0.1, 0.15) is 10.6 Å². The summed E-state index contributed by atoms with van der Waals surface area (Å²) in [6.07, 6.45) is 2.71. The second-order valence-corrected chi connectivity index (χ2v) is 8.96. The van der Waals surface area contributed by atoms with Crippen LogP contribution in [0.25, 0.3) is 0 Å². The van der Waals surface area contributed by atoms with Crippen molar-refractivity contribution >= 4 is 15.9 Å². The molecule has 8 nitrogen and oxygen atoms in total. The van der Waals surface area contributed by atoms with E-state index in [0.29, 0.717) is 51.0 Å². The maximum Gasteiger partial charge on any atom is 0.248 e. The van der Waals surface area contributed by atoms with E-state index in [1.165, 1.54) is 4.31 Å². The summed E-state index contributed by atoms with van der Waals surface area (Å²) in [5.41, 5.74) is 0.342. The van der Waals surface area contributed by atoms with Crippen LogP contribution < -0.4 is 0 Å². The highest BCUT2D eigenvalue weighted by Crippen LogP contribution is 2.29. The highest BCUT2D eigenvalue weighted by Gasteiger charge is 2.38. The van der Waals surface area contributed by atoms with Gasteiger partial charge in [-0.15, -0.1) is 0 Å². The number of carbonyl (C=O) groups excluding carboxylic acids is 1. The molecule has 0 spiro atoms. The standard InChI is InChI=1S/C17H24N4O4S/c1-12-16(13(2)25-19-12)26(23,24)21-7-3-4-15(11-21)17(22)20-8-5-14(10-18)6-9-20/h14-15H,3-9,11H2,1-2H3. The number of sulfonamides is 1. The smallest absolute Gasteiger partial charge is 0.248 e. The van der Waals surface area contributed by atoms with E-state index in [1.54, 1.807) is 18.7 Å². The molecule has 0 aliphatic carbocycles. The maximum absolute atomic E-state index is 13.0. The normalized spacial score (nSPS) is 23.0. The van der Waals surface area contributed by atoms with Gasteiger partial charge in [0, 0.05) is 32.1 Å². The van der Waals surface area contributed by atoms with Gasteiger partial charge in [0.05, 0.1) is 12.0 Å². The van der Waals surface area contributed by atoms with Crippen LogP contribution in [0.5, 0.6) is 0 Å². The van der Waals surface area contributed by atoms with Crippen molar-refractivity contribution in [2.75, 3.05) is 26.2 Å². The highest BCUT2D eigenvalue weighted by molar-refractivity contribution is 7.89. The van der Waals surface area contributed by atoms with E-state index in [-0.39, 0.29) is 34.9 Å². The third kappa shape index (κ3) is 3.48. The first-order valence-corrected chi connectivity index (χ1v) is 10.4. The molecule has 1 atom stereocenters. The van der Waals surface area contributed by atoms with Crippen molar-refractivity contribution in [2.24, 2.45) is 11.8 Å². The second-order valence-electron chi connectivity index (χ2n) is 7.08. The Morgan fingerprint density at radius 2 is 1.92 bits per heavy atom. The summed E-state index contributed by atoms with van der Waals surface area (Å²) >= 11 is 0. The van der Waals surface area contributed by atoms with Crippen molar-refractivity contribution in [2.45, 2.75) is 44.4 Å². The van der Waals surface area contributed by atoms with Gasteiger partial charge in [-0.3, -0.25) is 4.79 Å². The minimum atomic E-state index is -3.73. The number of hydrogen-bond acceptors (Lipinski definition) is 6. The molecule has 26 heavy (non-hydrogen) atoms. The number of amides is 1. The molecule has 0 bridgehead atoms. The number of aryl methyl sites for hydroxylation is 2. The van der Waals surface area contributed by atoms with Crippen LogP contribution in [0.2, 0.25) is 0 Å². The van der Waals surface area contributed by atoms with Crippen LogP contribution in [-0.2, 0) is 14.8 Å². The zero-order valence-corrected chi connectivity index (χ0v) is 16.0. The molecule has 0 radical (unpaired) electrons. The highest BCUT2D eigenvalue weighted by atomic mass is 32.2. The van der Waals surface area contributed by atoms with Crippen molar-refractivity contribution in [1.82, 2.24) is 14.4 Å². The van der Waals surface area contributed by atoms with Crippen molar-refractivity contribution in [3.8, 4) is 6.07 Å². The lowest BCUT2D eigenvalue weighted by atomic mass is 9.94. The molecule has 0 N–H and O–H groups in total. The third-order valence-electron chi connectivity index (χ3n) is 5.29. The maximum atomic E-state index is 13.0. The molecule has 1 amide bonds. The first kappa shape index (κ1) is 18.9. The van der Waals surface area contributed by atoms with Gasteiger partial charge in [-0.25, -0.2) is 8.42 Å². The molecule has 0 saturated carbocycles. The number of aromatic nitrogens is 1. The summed E-state index contributed by atoms with van der Waals surface area (Å²) in [6, 6.07) is 2.26. The summed E-state index contributed by atoms with van der Waals surface area (Å²) in [5.74, 6) is -0.0472. The van der Waals surface area contributed by atoms with Crippen LogP contribution in [0, 0.1) is 37.0 Å². The van der Waals surface area contributed by atoms with Crippen molar-refractivity contribution in [3.63, 3.8) is 0 Å². The Kier molecular flexibility index (Phi) is 5.34. The lowest BCUT2D eigenvalue weighted by molar-refractivity contribution is -0.137. The molecule has 1 aromatic rings. The fourth-order valence-corrected chi connectivity index (χ4v) is 5.64. The van der Waals surface area contributed by atoms with Gasteiger partial charge in [0.25, 0.3) is 0 Å². The van der Waals surface area contributed by atoms with Crippen LogP contribution in [-0.4, -0.2) is 54.9 Å². The van der Waals surface area contributed by atoms with E-state index in [9.17, 15) is 13.2 Å². The van der Waals surface area contributed by atoms with E-state index >= 15 is 0 Å². The van der Waals surface area contributed by atoms with Gasteiger partial charge in [-0.1, -0.05) is 5.16 Å². The molecule has 1 unspecified atom stereocenters. The monoisotopic (exact) mass is 380 g/mol. The summed E-state index contributed by atoms with van der Waals surface area (Å²) in [5, 5.41) is 12.7. The Balaban J connectivity index is 1.72. The molecular formula is C17H24N4O4S. The average molecular weight is 380 g/mol. The Labute approximate surface area is 153 Å². The van der Waals surface area contributed by atoms with Gasteiger partial charge < -0.3 is 9.42 Å². The number of hydrogen-bond donors (Lipinski definition) is 0. The van der Waals surface area contributed by atoms with Crippen LogP contribution in [0.1, 0.15) is 37.1 Å². The van der Waals surface area contributed by atoms with E-state index in [1.807, 2.05) is 0 Å². The quantitative estimate of drug-likeness (QED) is 0.785. The molecule has 2 aliphatic heterocycles. The molecule has 3 heterocycles. The number of rotatable bonds is 3. The number of piperidine rings is 2. The lowest BCUT2D eigenvalue weighted by Gasteiger charge is -2.36. The van der Waals surface area contributed by atoms with Crippen LogP contribution >= 0.6 is 0 Å². The summed E-state index contributed by atoms with van der Waals surface area (Å²) in [4.78, 5) is 14.7. The molecule has 1 aromatic heterocycles. The van der Waals surface area contributed by atoms with Crippen LogP contribution in [0.3, 0.4) is 0 Å². The molecule has 0 aromatic carbocycles. The van der Waals surface area contributed by atoms with Gasteiger partial charge in [-0.2, -0.15) is 9.57 Å². The number of nitriles is 1. The van der Waals surface area contributed by atoms with Gasteiger partial charge in [-0.05, 0) is 39.5 Å². The molecule has 2 fully saturated rings. The fourth-order valence-electron chi connectivity index (χ4n) is 3.82. The van der Waals surface area contributed by atoms with Gasteiger partial charge in [0.2, 0.25) is 15.9 Å². The summed E-state index contributed by atoms with van der Waals surface area (Å²) in [7, 11) is -3.73. The molecule has 142 valence electrons. The van der Waals surface area contributed by atoms with E-state index in [2.05, 4.69) is 11.2 Å². The van der Waals surface area contributed by atoms with Gasteiger partial charge >= 0.3 is 0 Å². The predicted octanol–water partition coefficient (Wildman–Crippen LogP) is 1.45. The van der Waals surface area contributed by atoms with E-state index in [0.717, 1.165) is 0 Å². The second kappa shape index (κ2) is 7.37. The topological polar surface area (TPSA) is 108 Å². The Morgan fingerprint density at radius 1 is 1.23 bits per heavy atom. The first-order chi connectivity index (χ1) is 12.3. The molecule has 2 aliphatic rings. The van der Waals surface area contributed by atoms with Crippen molar-refractivity contribution < 1.29 is 17.7 Å². The Bertz CT molecular complexity index is 799. The van der Waals surface area contributed by atoms with Crippen LogP contribution in [0.4, 0.5) is 0 Å². The lowest BCUT2D eigenvalue weighted by Crippen LogP contribution is -2.48. The minimum Gasteiger partial charge on any atom is -0.360 e. The molecule has 9 heteroatoms. The first-order valence-electron chi connectivity index (χ1n) is 8.96. The average Bonchev–Trinajstić information content (AvgIpc) is 3.00. The summed E-state index contributed by atoms with van der Waals surface area (Å²) in [6.45, 7) is 4.92.